The van der Waals surface area contributed by atoms with Gasteiger partial charge < -0.3 is 4.90 Å². The monoisotopic (exact) mass is 167 g/mol. The van der Waals surface area contributed by atoms with Gasteiger partial charge >= 0.3 is 0 Å². The van der Waals surface area contributed by atoms with Crippen LogP contribution in [-0.4, -0.2) is 24.5 Å². The number of nitrogens with zero attached hydrogens (tertiary/aromatic N) is 1. The first-order chi connectivity index (χ1) is 5.63. The summed E-state index contributed by atoms with van der Waals surface area (Å²) < 4.78 is 0. The normalized spacial score (nSPS) is 34.5. The smallest absolute Gasteiger partial charge is 0.0116 e. The number of rotatable bonds is 1. The van der Waals surface area contributed by atoms with Crippen LogP contribution in [0.3, 0.4) is 0 Å². The molecule has 0 radical (unpaired) electrons. The van der Waals surface area contributed by atoms with Crippen molar-refractivity contribution in [3.05, 3.63) is 0 Å². The first-order valence-electron chi connectivity index (χ1n) is 5.33. The molecule has 1 nitrogen and oxygen atoms in total. The molecule has 0 amide bonds. The summed E-state index contributed by atoms with van der Waals surface area (Å²) in [6, 6.07) is 0.858. The van der Waals surface area contributed by atoms with E-state index in [-0.39, 0.29) is 0 Å². The van der Waals surface area contributed by atoms with E-state index in [1.54, 1.807) is 0 Å². The Morgan fingerprint density at radius 3 is 2.33 bits per heavy atom. The molecule has 1 saturated heterocycles. The van der Waals surface area contributed by atoms with Crippen LogP contribution in [0.5, 0.6) is 0 Å². The van der Waals surface area contributed by atoms with Crippen LogP contribution in [0.1, 0.15) is 39.5 Å². The third-order valence-corrected chi connectivity index (χ3v) is 3.85. The fourth-order valence-electron chi connectivity index (χ4n) is 2.83. The summed E-state index contributed by atoms with van der Waals surface area (Å²) >= 11 is 0. The molecule has 1 aliphatic heterocycles. The van der Waals surface area contributed by atoms with Crippen molar-refractivity contribution >= 4 is 0 Å². The molecule has 2 rings (SSSR count). The van der Waals surface area contributed by atoms with Gasteiger partial charge in [-0.2, -0.15) is 0 Å². The van der Waals surface area contributed by atoms with Crippen molar-refractivity contribution in [1.82, 2.24) is 4.90 Å². The molecule has 1 heterocycles. The minimum absolute atomic E-state index is 0.792. The lowest BCUT2D eigenvalue weighted by Crippen LogP contribution is -2.44. The minimum atomic E-state index is 0.792. The number of hydrogen-bond donors (Lipinski definition) is 0. The summed E-state index contributed by atoms with van der Waals surface area (Å²) in [5.41, 5.74) is 0.792. The molecule has 0 aromatic heterocycles. The molecular formula is C11H21N. The molecule has 0 aromatic rings. The van der Waals surface area contributed by atoms with Crippen molar-refractivity contribution in [2.24, 2.45) is 11.3 Å². The number of likely N-dealkylation sites (tertiary alicyclic amines) is 1. The van der Waals surface area contributed by atoms with Crippen LogP contribution >= 0.6 is 0 Å². The van der Waals surface area contributed by atoms with Crippen molar-refractivity contribution in [3.8, 4) is 0 Å². The second-order valence-corrected chi connectivity index (χ2v) is 5.27. The highest BCUT2D eigenvalue weighted by atomic mass is 15.2. The number of hydrogen-bond acceptors (Lipinski definition) is 1. The molecular weight excluding hydrogens is 146 g/mol. The van der Waals surface area contributed by atoms with E-state index in [0.717, 1.165) is 17.4 Å². The molecule has 70 valence electrons. The van der Waals surface area contributed by atoms with Gasteiger partial charge in [-0.25, -0.2) is 0 Å². The lowest BCUT2D eigenvalue weighted by molar-refractivity contribution is 0.0944. The van der Waals surface area contributed by atoms with E-state index in [1.165, 1.54) is 32.2 Å². The fourth-order valence-corrected chi connectivity index (χ4v) is 2.83. The summed E-state index contributed by atoms with van der Waals surface area (Å²) in [5.74, 6) is 0.839. The summed E-state index contributed by atoms with van der Waals surface area (Å²) in [4.78, 5) is 2.60. The molecule has 1 atom stereocenters. The zero-order valence-electron chi connectivity index (χ0n) is 8.64. The maximum Gasteiger partial charge on any atom is 0.0116 e. The van der Waals surface area contributed by atoms with Gasteiger partial charge in [0.15, 0.2) is 0 Å². The van der Waals surface area contributed by atoms with Crippen LogP contribution in [0.25, 0.3) is 0 Å². The fraction of sp³-hybridized carbons (Fsp3) is 1.00. The van der Waals surface area contributed by atoms with Gasteiger partial charge in [0.1, 0.15) is 0 Å². The van der Waals surface area contributed by atoms with Gasteiger partial charge in [-0.15, -0.1) is 0 Å². The summed E-state index contributed by atoms with van der Waals surface area (Å²) in [5, 5.41) is 0. The van der Waals surface area contributed by atoms with Crippen molar-refractivity contribution in [3.63, 3.8) is 0 Å². The molecule has 1 spiro atoms. The topological polar surface area (TPSA) is 3.24 Å². The molecule has 0 bridgehead atoms. The van der Waals surface area contributed by atoms with Crippen molar-refractivity contribution in [1.29, 1.82) is 0 Å². The highest BCUT2D eigenvalue weighted by Gasteiger charge is 2.47. The Morgan fingerprint density at radius 1 is 1.25 bits per heavy atom. The van der Waals surface area contributed by atoms with E-state index in [0.29, 0.717) is 0 Å². The van der Waals surface area contributed by atoms with Gasteiger partial charge in [-0.05, 0) is 44.1 Å². The van der Waals surface area contributed by atoms with Gasteiger partial charge in [-0.3, -0.25) is 0 Å². The SMILES string of the molecule is CC(C)[C@H]1CCC2(CC2)CN1C. The lowest BCUT2D eigenvalue weighted by atomic mass is 9.86. The minimum Gasteiger partial charge on any atom is -0.303 e. The summed E-state index contributed by atoms with van der Waals surface area (Å²) in [6.45, 7) is 6.08. The second kappa shape index (κ2) is 2.73. The van der Waals surface area contributed by atoms with Gasteiger partial charge in [0.05, 0.1) is 0 Å². The maximum absolute atomic E-state index is 2.60. The van der Waals surface area contributed by atoms with E-state index in [9.17, 15) is 0 Å². The Hall–Kier alpha value is -0.0400. The van der Waals surface area contributed by atoms with Crippen molar-refractivity contribution in [2.45, 2.75) is 45.6 Å². The Bertz CT molecular complexity index is 170. The highest BCUT2D eigenvalue weighted by Crippen LogP contribution is 2.53. The standard InChI is InChI=1S/C11H21N/c1-9(2)10-4-5-11(6-7-11)8-12(10)3/h9-10H,4-8H2,1-3H3/t10-/m1/s1. The van der Waals surface area contributed by atoms with Crippen LogP contribution in [-0.2, 0) is 0 Å². The maximum atomic E-state index is 2.60. The highest BCUT2D eigenvalue weighted by molar-refractivity contribution is 5.00. The zero-order valence-corrected chi connectivity index (χ0v) is 8.64. The average molecular weight is 167 g/mol. The van der Waals surface area contributed by atoms with E-state index in [2.05, 4.69) is 25.8 Å². The lowest BCUT2D eigenvalue weighted by Gasteiger charge is -2.39. The van der Waals surface area contributed by atoms with E-state index in [1.807, 2.05) is 0 Å². The van der Waals surface area contributed by atoms with Crippen molar-refractivity contribution < 1.29 is 0 Å². The molecule has 1 aliphatic carbocycles. The van der Waals surface area contributed by atoms with Crippen LogP contribution in [0, 0.1) is 11.3 Å². The first kappa shape index (κ1) is 8.55. The van der Waals surface area contributed by atoms with Gasteiger partial charge in [0, 0.05) is 12.6 Å². The van der Waals surface area contributed by atoms with E-state index < -0.39 is 0 Å². The molecule has 2 aliphatic rings. The van der Waals surface area contributed by atoms with E-state index >= 15 is 0 Å². The van der Waals surface area contributed by atoms with Gasteiger partial charge in [0.2, 0.25) is 0 Å². The quantitative estimate of drug-likeness (QED) is 0.580. The molecule has 0 aromatic carbocycles. The molecule has 1 heteroatoms. The molecule has 2 fully saturated rings. The summed E-state index contributed by atoms with van der Waals surface area (Å²) in [6.07, 6.45) is 5.94. The van der Waals surface area contributed by atoms with Gasteiger partial charge in [0.25, 0.3) is 0 Å². The predicted octanol–water partition coefficient (Wildman–Crippen LogP) is 2.52. The molecule has 12 heavy (non-hydrogen) atoms. The van der Waals surface area contributed by atoms with E-state index in [4.69, 9.17) is 0 Å². The Balaban J connectivity index is 1.95. The average Bonchev–Trinajstić information content (AvgIpc) is 2.68. The largest absolute Gasteiger partial charge is 0.303 e. The van der Waals surface area contributed by atoms with Crippen LogP contribution in [0.15, 0.2) is 0 Å². The van der Waals surface area contributed by atoms with Gasteiger partial charge in [-0.1, -0.05) is 13.8 Å². The molecule has 0 N–H and O–H groups in total. The third-order valence-electron chi connectivity index (χ3n) is 3.85. The summed E-state index contributed by atoms with van der Waals surface area (Å²) in [7, 11) is 2.31. The Labute approximate surface area is 76.1 Å². The third kappa shape index (κ3) is 1.39. The van der Waals surface area contributed by atoms with Crippen molar-refractivity contribution in [2.75, 3.05) is 13.6 Å². The molecule has 1 saturated carbocycles. The number of piperidine rings is 1. The molecule has 0 unspecified atom stereocenters. The van der Waals surface area contributed by atoms with Crippen LogP contribution in [0.4, 0.5) is 0 Å². The Morgan fingerprint density at radius 2 is 1.92 bits per heavy atom. The zero-order chi connectivity index (χ0) is 8.77. The van der Waals surface area contributed by atoms with Crippen LogP contribution in [0.2, 0.25) is 0 Å². The Kier molecular flexibility index (Phi) is 1.95. The second-order valence-electron chi connectivity index (χ2n) is 5.27. The van der Waals surface area contributed by atoms with Crippen LogP contribution < -0.4 is 0 Å². The first-order valence-corrected chi connectivity index (χ1v) is 5.33. The predicted molar refractivity (Wildman–Crippen MR) is 52.2 cm³/mol.